The summed E-state index contributed by atoms with van der Waals surface area (Å²) in [7, 11) is 0. The number of amides is 1. The van der Waals surface area contributed by atoms with E-state index in [1.807, 2.05) is 5.32 Å². The van der Waals surface area contributed by atoms with Crippen molar-refractivity contribution in [1.29, 1.82) is 0 Å². The van der Waals surface area contributed by atoms with Gasteiger partial charge in [0.25, 0.3) is 5.91 Å². The number of rotatable bonds is 4. The number of carbonyl (C=O) groups excluding carboxylic acids is 2. The monoisotopic (exact) mass is 173 g/mol. The molecule has 0 aliphatic rings. The summed E-state index contributed by atoms with van der Waals surface area (Å²) in [6, 6.07) is 0. The van der Waals surface area contributed by atoms with Gasteiger partial charge in [-0.1, -0.05) is 13.8 Å². The van der Waals surface area contributed by atoms with Crippen LogP contribution in [0.3, 0.4) is 0 Å². The molecule has 0 unspecified atom stereocenters. The van der Waals surface area contributed by atoms with Crippen molar-refractivity contribution in [3.05, 3.63) is 0 Å². The smallest absolute Gasteiger partial charge is 0.322 e. The maximum absolute atomic E-state index is 10.9. The van der Waals surface area contributed by atoms with Gasteiger partial charge in [0.05, 0.1) is 0 Å². The topological polar surface area (TPSA) is 83.5 Å². The van der Waals surface area contributed by atoms with Crippen molar-refractivity contribution in [3.63, 3.8) is 0 Å². The fourth-order valence-electron chi connectivity index (χ4n) is 0.505. The van der Waals surface area contributed by atoms with Gasteiger partial charge >= 0.3 is 5.97 Å². The highest BCUT2D eigenvalue weighted by Gasteiger charge is 2.17. The normalized spacial score (nSPS) is 9.58. The molecule has 1 amide bonds. The van der Waals surface area contributed by atoms with E-state index in [2.05, 4.69) is 0 Å². The number of carboxylic acids is 1. The summed E-state index contributed by atoms with van der Waals surface area (Å²) in [6.07, 6.45) is 0. The van der Waals surface area contributed by atoms with Gasteiger partial charge in [0.15, 0.2) is 0 Å². The molecule has 0 aromatic rings. The lowest BCUT2D eigenvalue weighted by molar-refractivity contribution is -0.142. The predicted molar refractivity (Wildman–Crippen MR) is 40.5 cm³/mol. The van der Waals surface area contributed by atoms with Gasteiger partial charge in [0, 0.05) is 5.92 Å². The van der Waals surface area contributed by atoms with Crippen molar-refractivity contribution < 1.29 is 19.5 Å². The van der Waals surface area contributed by atoms with E-state index >= 15 is 0 Å². The first-order valence-corrected chi connectivity index (χ1v) is 3.49. The maximum Gasteiger partial charge on any atom is 0.322 e. The second-order valence-corrected chi connectivity index (χ2v) is 2.60. The zero-order valence-corrected chi connectivity index (χ0v) is 6.96. The van der Waals surface area contributed by atoms with Gasteiger partial charge in [-0.05, 0) is 0 Å². The van der Waals surface area contributed by atoms with Gasteiger partial charge in [-0.3, -0.25) is 14.4 Å². The SMILES string of the molecule is CC(C)C(=O)C(=O)NCC(=O)O. The number of hydrogen-bond acceptors (Lipinski definition) is 3. The summed E-state index contributed by atoms with van der Waals surface area (Å²) in [5.41, 5.74) is 0. The fourth-order valence-corrected chi connectivity index (χ4v) is 0.505. The standard InChI is InChI=1S/C7H11NO4/c1-4(2)6(11)7(12)8-3-5(9)10/h4H,3H2,1-2H3,(H,8,12)(H,9,10). The second-order valence-electron chi connectivity index (χ2n) is 2.60. The Labute approximate surface area is 69.8 Å². The number of hydrogen-bond donors (Lipinski definition) is 2. The van der Waals surface area contributed by atoms with Crippen molar-refractivity contribution in [1.82, 2.24) is 5.32 Å². The number of carbonyl (C=O) groups is 3. The molecule has 0 bridgehead atoms. The summed E-state index contributed by atoms with van der Waals surface area (Å²) in [5.74, 6) is -3.01. The molecule has 0 saturated heterocycles. The molecule has 0 atom stereocenters. The minimum absolute atomic E-state index is 0.404. The Morgan fingerprint density at radius 3 is 2.17 bits per heavy atom. The average molecular weight is 173 g/mol. The number of ketones is 1. The Kier molecular flexibility index (Phi) is 3.96. The van der Waals surface area contributed by atoms with Gasteiger partial charge in [0.2, 0.25) is 5.78 Å². The molecule has 5 heteroatoms. The van der Waals surface area contributed by atoms with Crippen LogP contribution < -0.4 is 5.32 Å². The molecule has 68 valence electrons. The van der Waals surface area contributed by atoms with Crippen LogP contribution in [0.4, 0.5) is 0 Å². The number of carboxylic acid groups (broad SMARTS) is 1. The summed E-state index contributed by atoms with van der Waals surface area (Å²) in [4.78, 5) is 31.6. The van der Waals surface area contributed by atoms with E-state index in [1.165, 1.54) is 0 Å². The lowest BCUT2D eigenvalue weighted by Gasteiger charge is -2.02. The highest BCUT2D eigenvalue weighted by molar-refractivity contribution is 6.36. The lowest BCUT2D eigenvalue weighted by atomic mass is 10.1. The molecular formula is C7H11NO4. The molecule has 5 nitrogen and oxygen atoms in total. The third-order valence-corrected chi connectivity index (χ3v) is 1.15. The molecule has 0 fully saturated rings. The summed E-state index contributed by atoms with van der Waals surface area (Å²) < 4.78 is 0. The minimum Gasteiger partial charge on any atom is -0.480 e. The van der Waals surface area contributed by atoms with Gasteiger partial charge in [-0.15, -0.1) is 0 Å². The molecule has 0 aromatic heterocycles. The largest absolute Gasteiger partial charge is 0.480 e. The lowest BCUT2D eigenvalue weighted by Crippen LogP contribution is -2.36. The molecule has 2 N–H and O–H groups in total. The van der Waals surface area contributed by atoms with Gasteiger partial charge < -0.3 is 10.4 Å². The summed E-state index contributed by atoms with van der Waals surface area (Å²) in [6.45, 7) is 2.63. The van der Waals surface area contributed by atoms with Crippen molar-refractivity contribution >= 4 is 17.7 Å². The van der Waals surface area contributed by atoms with Crippen LogP contribution in [0.15, 0.2) is 0 Å². The minimum atomic E-state index is -1.17. The van der Waals surface area contributed by atoms with Crippen LogP contribution in [0, 0.1) is 5.92 Å². The average Bonchev–Trinajstić information content (AvgIpc) is 1.98. The van der Waals surface area contributed by atoms with Crippen LogP contribution in [0.5, 0.6) is 0 Å². The third-order valence-electron chi connectivity index (χ3n) is 1.15. The van der Waals surface area contributed by atoms with Crippen LogP contribution in [0.2, 0.25) is 0 Å². The molecule has 12 heavy (non-hydrogen) atoms. The zero-order valence-electron chi connectivity index (χ0n) is 6.96. The van der Waals surface area contributed by atoms with Crippen molar-refractivity contribution in [2.24, 2.45) is 5.92 Å². The van der Waals surface area contributed by atoms with Crippen LogP contribution >= 0.6 is 0 Å². The van der Waals surface area contributed by atoms with Gasteiger partial charge in [0.1, 0.15) is 6.54 Å². The highest BCUT2D eigenvalue weighted by atomic mass is 16.4. The van der Waals surface area contributed by atoms with Crippen LogP contribution in [0.25, 0.3) is 0 Å². The van der Waals surface area contributed by atoms with Crippen LogP contribution in [-0.2, 0) is 14.4 Å². The van der Waals surface area contributed by atoms with E-state index in [0.29, 0.717) is 0 Å². The third kappa shape index (κ3) is 3.70. The Morgan fingerprint density at radius 2 is 1.83 bits per heavy atom. The molecule has 0 spiro atoms. The Bertz CT molecular complexity index is 209. The molecule has 0 aromatic carbocycles. The van der Waals surface area contributed by atoms with Crippen LogP contribution in [0.1, 0.15) is 13.8 Å². The fraction of sp³-hybridized carbons (Fsp3) is 0.571. The van der Waals surface area contributed by atoms with Crippen LogP contribution in [-0.4, -0.2) is 29.3 Å². The van der Waals surface area contributed by atoms with Gasteiger partial charge in [-0.25, -0.2) is 0 Å². The summed E-state index contributed by atoms with van der Waals surface area (Å²) >= 11 is 0. The van der Waals surface area contributed by atoms with Crippen molar-refractivity contribution in [2.75, 3.05) is 6.54 Å². The molecule has 0 aliphatic heterocycles. The zero-order chi connectivity index (χ0) is 9.72. The van der Waals surface area contributed by atoms with Crippen molar-refractivity contribution in [3.8, 4) is 0 Å². The van der Waals surface area contributed by atoms with E-state index in [0.717, 1.165) is 0 Å². The van der Waals surface area contributed by atoms with E-state index < -0.39 is 30.1 Å². The highest BCUT2D eigenvalue weighted by Crippen LogP contribution is 1.92. The van der Waals surface area contributed by atoms with E-state index in [4.69, 9.17) is 5.11 Å². The van der Waals surface area contributed by atoms with Gasteiger partial charge in [-0.2, -0.15) is 0 Å². The molecular weight excluding hydrogens is 162 g/mol. The number of Topliss-reactive ketones (excluding diaryl/α,β-unsaturated/α-hetero) is 1. The number of aliphatic carboxylic acids is 1. The first-order valence-electron chi connectivity index (χ1n) is 3.49. The number of nitrogens with one attached hydrogen (secondary N) is 1. The van der Waals surface area contributed by atoms with E-state index in [-0.39, 0.29) is 0 Å². The molecule has 0 saturated carbocycles. The molecule has 0 radical (unpaired) electrons. The van der Waals surface area contributed by atoms with E-state index in [9.17, 15) is 14.4 Å². The molecule has 0 aliphatic carbocycles. The Hall–Kier alpha value is -1.39. The Balaban J connectivity index is 3.89. The quantitative estimate of drug-likeness (QED) is 0.557. The molecule has 0 rings (SSSR count). The van der Waals surface area contributed by atoms with E-state index in [1.54, 1.807) is 13.8 Å². The Morgan fingerprint density at radius 1 is 1.33 bits per heavy atom. The maximum atomic E-state index is 10.9. The summed E-state index contributed by atoms with van der Waals surface area (Å²) in [5, 5.41) is 10.1. The first-order chi connectivity index (χ1) is 5.45. The first kappa shape index (κ1) is 10.6. The second kappa shape index (κ2) is 4.48. The molecule has 0 heterocycles. The van der Waals surface area contributed by atoms with Crippen molar-refractivity contribution in [2.45, 2.75) is 13.8 Å². The predicted octanol–water partition coefficient (Wildman–Crippen LogP) is -0.588.